The number of unbranched alkanes of at least 4 members (excludes halogenated alkanes) is 18. The average molecular weight is 699 g/mol. The number of hydrogen-bond acceptors (Lipinski definition) is 4. The Bertz CT molecular complexity index is 718. The molecule has 1 aliphatic heterocycles. The Hall–Kier alpha value is -1.20. The van der Waals surface area contributed by atoms with E-state index in [0.717, 1.165) is 45.8 Å². The molecule has 0 bridgehead atoms. The highest BCUT2D eigenvalue weighted by atomic mass is 16.5. The molecule has 0 aliphatic carbocycles. The minimum absolute atomic E-state index is 0.308. The second-order valence-electron chi connectivity index (χ2n) is 14.9. The van der Waals surface area contributed by atoms with E-state index in [1.54, 1.807) is 0 Å². The van der Waals surface area contributed by atoms with Crippen molar-refractivity contribution in [3.8, 4) is 0 Å². The van der Waals surface area contributed by atoms with Gasteiger partial charge in [0.05, 0.1) is 19.3 Å². The van der Waals surface area contributed by atoms with Crippen LogP contribution in [0.1, 0.15) is 187 Å². The number of nitrogens with zero attached hydrogens (tertiary/aromatic N) is 1. The third-order valence-corrected chi connectivity index (χ3v) is 9.90. The first kappa shape index (κ1) is 46.8. The van der Waals surface area contributed by atoms with E-state index in [2.05, 4.69) is 72.7 Å². The Balaban J connectivity index is 2.03. The van der Waals surface area contributed by atoms with Crippen LogP contribution in [0.4, 0.5) is 0 Å². The lowest BCUT2D eigenvalue weighted by Gasteiger charge is -2.20. The van der Waals surface area contributed by atoms with Crippen LogP contribution in [0.2, 0.25) is 0 Å². The van der Waals surface area contributed by atoms with Crippen LogP contribution in [-0.4, -0.2) is 63.5 Å². The van der Waals surface area contributed by atoms with Crippen LogP contribution in [0.5, 0.6) is 0 Å². The zero-order valence-corrected chi connectivity index (χ0v) is 33.7. The van der Waals surface area contributed by atoms with Crippen LogP contribution in [0.3, 0.4) is 0 Å². The minimum Gasteiger partial charge on any atom is -0.380 e. The van der Waals surface area contributed by atoms with E-state index < -0.39 is 0 Å². The highest BCUT2D eigenvalue weighted by Gasteiger charge is 2.12. The molecular formula is C46H86N2O2. The van der Waals surface area contributed by atoms with Crippen LogP contribution in [-0.2, 0) is 9.47 Å². The summed E-state index contributed by atoms with van der Waals surface area (Å²) in [7, 11) is 0. The van der Waals surface area contributed by atoms with Gasteiger partial charge in [0, 0.05) is 13.2 Å². The topological polar surface area (TPSA) is 33.7 Å². The lowest BCUT2D eigenvalue weighted by molar-refractivity contribution is 0.0526. The molecule has 1 N–H and O–H groups in total. The maximum atomic E-state index is 6.16. The fourth-order valence-electron chi connectivity index (χ4n) is 6.62. The Labute approximate surface area is 313 Å². The lowest BCUT2D eigenvalue weighted by atomic mass is 10.1. The first-order valence-corrected chi connectivity index (χ1v) is 22.1. The number of allylic oxidation sites excluding steroid dienone is 8. The SMILES string of the molecule is CCCCC/C=C\C/C=C\CCCCCCCCOCC(COCCCCCCCC/C=C\C/C=C\CCCCC)NCCCN1CCCC1. The summed E-state index contributed by atoms with van der Waals surface area (Å²) < 4.78 is 12.3. The average Bonchev–Trinajstić information content (AvgIpc) is 3.65. The van der Waals surface area contributed by atoms with Crippen molar-refractivity contribution in [2.75, 3.05) is 52.6 Å². The van der Waals surface area contributed by atoms with Crippen molar-refractivity contribution < 1.29 is 9.47 Å². The number of likely N-dealkylation sites (tertiary alicyclic amines) is 1. The zero-order chi connectivity index (χ0) is 35.7. The summed E-state index contributed by atoms with van der Waals surface area (Å²) in [6, 6.07) is 0.308. The third kappa shape index (κ3) is 35.2. The molecule has 1 saturated heterocycles. The van der Waals surface area contributed by atoms with Crippen molar-refractivity contribution in [2.45, 2.75) is 193 Å². The molecule has 1 rings (SSSR count). The fraction of sp³-hybridized carbons (Fsp3) is 0.826. The number of ether oxygens (including phenoxy) is 2. The van der Waals surface area contributed by atoms with Crippen LogP contribution in [0, 0.1) is 0 Å². The van der Waals surface area contributed by atoms with Crippen LogP contribution >= 0.6 is 0 Å². The third-order valence-electron chi connectivity index (χ3n) is 9.90. The van der Waals surface area contributed by atoms with Gasteiger partial charge in [0.25, 0.3) is 0 Å². The standard InChI is InChI=1S/C46H86N2O2/c1-3-5-7-9-11-13-15-17-19-21-23-25-27-29-31-35-42-49-44-46(47-38-37-41-48-39-33-34-40-48)45-50-43-36-32-30-28-26-24-22-20-18-16-14-12-10-8-6-4-2/h11-14,17-20,46-47H,3-10,15-16,21-45H2,1-2H3/b13-11-,14-12-,19-17-,20-18-. The van der Waals surface area contributed by atoms with Crippen molar-refractivity contribution in [1.82, 2.24) is 10.2 Å². The second-order valence-corrected chi connectivity index (χ2v) is 14.9. The normalized spacial score (nSPS) is 14.4. The molecule has 292 valence electrons. The molecule has 50 heavy (non-hydrogen) atoms. The van der Waals surface area contributed by atoms with Gasteiger partial charge in [-0.25, -0.2) is 0 Å². The minimum atomic E-state index is 0.308. The van der Waals surface area contributed by atoms with Crippen LogP contribution < -0.4 is 5.32 Å². The van der Waals surface area contributed by atoms with E-state index in [9.17, 15) is 0 Å². The second kappa shape index (κ2) is 40.6. The molecule has 1 heterocycles. The van der Waals surface area contributed by atoms with Crippen molar-refractivity contribution in [1.29, 1.82) is 0 Å². The smallest absolute Gasteiger partial charge is 0.0642 e. The van der Waals surface area contributed by atoms with Crippen LogP contribution in [0.15, 0.2) is 48.6 Å². The molecule has 1 fully saturated rings. The molecule has 0 amide bonds. The maximum absolute atomic E-state index is 6.16. The molecule has 0 atom stereocenters. The summed E-state index contributed by atoms with van der Waals surface area (Å²) in [6.45, 7) is 12.7. The summed E-state index contributed by atoms with van der Waals surface area (Å²) in [5, 5.41) is 3.76. The van der Waals surface area contributed by atoms with Crippen molar-refractivity contribution in [3.05, 3.63) is 48.6 Å². The highest BCUT2D eigenvalue weighted by molar-refractivity contribution is 4.93. The van der Waals surface area contributed by atoms with Gasteiger partial charge in [-0.1, -0.05) is 140 Å². The van der Waals surface area contributed by atoms with E-state index >= 15 is 0 Å². The summed E-state index contributed by atoms with van der Waals surface area (Å²) >= 11 is 0. The quantitative estimate of drug-likeness (QED) is 0.0512. The van der Waals surface area contributed by atoms with E-state index in [-0.39, 0.29) is 0 Å². The molecule has 0 spiro atoms. The predicted molar refractivity (Wildman–Crippen MR) is 222 cm³/mol. The summed E-state index contributed by atoms with van der Waals surface area (Å²) in [5.74, 6) is 0. The van der Waals surface area contributed by atoms with Gasteiger partial charge in [0.1, 0.15) is 0 Å². The van der Waals surface area contributed by atoms with Gasteiger partial charge >= 0.3 is 0 Å². The van der Waals surface area contributed by atoms with Gasteiger partial charge in [-0.2, -0.15) is 0 Å². The summed E-state index contributed by atoms with van der Waals surface area (Å²) in [6.07, 6.45) is 53.6. The van der Waals surface area contributed by atoms with Crippen molar-refractivity contribution >= 4 is 0 Å². The summed E-state index contributed by atoms with van der Waals surface area (Å²) in [4.78, 5) is 2.61. The molecule has 0 radical (unpaired) electrons. The molecular weight excluding hydrogens is 613 g/mol. The first-order valence-electron chi connectivity index (χ1n) is 22.1. The Kier molecular flexibility index (Phi) is 38.0. The Morgan fingerprint density at radius 1 is 0.480 bits per heavy atom. The van der Waals surface area contributed by atoms with E-state index in [4.69, 9.17) is 9.47 Å². The van der Waals surface area contributed by atoms with E-state index in [1.165, 1.54) is 180 Å². The van der Waals surface area contributed by atoms with E-state index in [1.807, 2.05) is 0 Å². The number of nitrogens with one attached hydrogen (secondary N) is 1. The molecule has 0 saturated carbocycles. The predicted octanol–water partition coefficient (Wildman–Crippen LogP) is 13.1. The lowest BCUT2D eigenvalue weighted by Crippen LogP contribution is -2.39. The molecule has 0 unspecified atom stereocenters. The zero-order valence-electron chi connectivity index (χ0n) is 33.7. The van der Waals surface area contributed by atoms with Crippen molar-refractivity contribution in [2.24, 2.45) is 0 Å². The monoisotopic (exact) mass is 699 g/mol. The van der Waals surface area contributed by atoms with Gasteiger partial charge in [0.2, 0.25) is 0 Å². The molecule has 0 aromatic rings. The molecule has 0 aromatic carbocycles. The van der Waals surface area contributed by atoms with Crippen LogP contribution in [0.25, 0.3) is 0 Å². The molecule has 0 aromatic heterocycles. The molecule has 1 aliphatic rings. The van der Waals surface area contributed by atoms with Gasteiger partial charge in [-0.05, 0) is 122 Å². The number of rotatable bonds is 39. The summed E-state index contributed by atoms with van der Waals surface area (Å²) in [5.41, 5.74) is 0. The van der Waals surface area contributed by atoms with Gasteiger partial charge in [0.15, 0.2) is 0 Å². The fourth-order valence-corrected chi connectivity index (χ4v) is 6.62. The first-order chi connectivity index (χ1) is 24.9. The highest BCUT2D eigenvalue weighted by Crippen LogP contribution is 2.11. The Morgan fingerprint density at radius 3 is 1.32 bits per heavy atom. The van der Waals surface area contributed by atoms with Gasteiger partial charge in [-0.15, -0.1) is 0 Å². The Morgan fingerprint density at radius 2 is 0.880 bits per heavy atom. The largest absolute Gasteiger partial charge is 0.380 e. The number of hydrogen-bond donors (Lipinski definition) is 1. The van der Waals surface area contributed by atoms with Gasteiger partial charge in [-0.3, -0.25) is 0 Å². The maximum Gasteiger partial charge on any atom is 0.0642 e. The van der Waals surface area contributed by atoms with Crippen molar-refractivity contribution in [3.63, 3.8) is 0 Å². The molecule has 4 nitrogen and oxygen atoms in total. The van der Waals surface area contributed by atoms with E-state index in [0.29, 0.717) is 6.04 Å². The van der Waals surface area contributed by atoms with Gasteiger partial charge < -0.3 is 19.7 Å². The molecule has 4 heteroatoms.